The third-order valence-electron chi connectivity index (χ3n) is 1.70. The van der Waals surface area contributed by atoms with E-state index in [0.717, 1.165) is 18.5 Å². The Balaban J connectivity index is 0.000000605. The summed E-state index contributed by atoms with van der Waals surface area (Å²) in [6.45, 7) is 0. The van der Waals surface area contributed by atoms with Gasteiger partial charge in [0.25, 0.3) is 0 Å². The van der Waals surface area contributed by atoms with Gasteiger partial charge in [-0.25, -0.2) is 0 Å². The van der Waals surface area contributed by atoms with E-state index in [1.54, 1.807) is 0 Å². The van der Waals surface area contributed by atoms with Crippen molar-refractivity contribution >= 4 is 11.9 Å². The molecule has 2 heteroatoms. The number of rotatable bonds is 0. The first kappa shape index (κ1) is 9.61. The molecule has 0 radical (unpaired) electrons. The molecule has 0 spiro atoms. The topological polar surface area (TPSA) is 12.4 Å². The fourth-order valence-electron chi connectivity index (χ4n) is 1.17. The predicted octanol–water partition coefficient (Wildman–Crippen LogP) is -0.861. The van der Waals surface area contributed by atoms with E-state index in [2.05, 4.69) is 17.1 Å². The van der Waals surface area contributed by atoms with Crippen LogP contribution in [0.15, 0.2) is 23.2 Å². The first-order valence-corrected chi connectivity index (χ1v) is 3.48. The fraction of sp³-hybridized carbons (Fsp3) is 0.222. The van der Waals surface area contributed by atoms with E-state index >= 15 is 0 Å². The fourth-order valence-corrected chi connectivity index (χ4v) is 1.17. The third-order valence-corrected chi connectivity index (χ3v) is 1.70. The molecule has 0 amide bonds. The van der Waals surface area contributed by atoms with E-state index < -0.39 is 0 Å². The SMILES string of the molecule is [K+].[c-]1ccc2c(c1)N=CCC2. The average molecular weight is 169 g/mol. The monoisotopic (exact) mass is 169 g/mol. The second-order valence-corrected chi connectivity index (χ2v) is 2.41. The van der Waals surface area contributed by atoms with Crippen LogP contribution >= 0.6 is 0 Å². The number of fused-ring (bicyclic) bond motifs is 1. The number of nitrogens with zero attached hydrogens (tertiary/aromatic N) is 1. The van der Waals surface area contributed by atoms with Crippen LogP contribution in [0.1, 0.15) is 12.0 Å². The minimum absolute atomic E-state index is 0. The minimum Gasteiger partial charge on any atom is -0.325 e. The maximum absolute atomic E-state index is 4.24. The number of hydrogen-bond donors (Lipinski definition) is 0. The molecule has 1 aromatic rings. The Hall–Kier alpha value is 0.526. The van der Waals surface area contributed by atoms with Crippen LogP contribution in [-0.4, -0.2) is 6.21 Å². The van der Waals surface area contributed by atoms with Gasteiger partial charge in [-0.1, -0.05) is 0 Å². The summed E-state index contributed by atoms with van der Waals surface area (Å²) in [6.07, 6.45) is 4.18. The van der Waals surface area contributed by atoms with Gasteiger partial charge in [0.1, 0.15) is 0 Å². The summed E-state index contributed by atoms with van der Waals surface area (Å²) in [7, 11) is 0. The largest absolute Gasteiger partial charge is 1.00 e. The molecule has 50 valence electrons. The Morgan fingerprint density at radius 2 is 2.36 bits per heavy atom. The van der Waals surface area contributed by atoms with Crippen molar-refractivity contribution in [2.75, 3.05) is 0 Å². The Morgan fingerprint density at radius 3 is 3.18 bits per heavy atom. The Morgan fingerprint density at radius 1 is 1.45 bits per heavy atom. The van der Waals surface area contributed by atoms with Crippen LogP contribution in [-0.2, 0) is 6.42 Å². The van der Waals surface area contributed by atoms with Gasteiger partial charge in [-0.15, -0.1) is 5.56 Å². The maximum atomic E-state index is 4.24. The molecule has 1 aliphatic rings. The molecule has 2 rings (SSSR count). The van der Waals surface area contributed by atoms with Crippen molar-refractivity contribution in [3.63, 3.8) is 0 Å². The quantitative estimate of drug-likeness (QED) is 0.354. The van der Waals surface area contributed by atoms with Crippen molar-refractivity contribution in [2.45, 2.75) is 12.8 Å². The van der Waals surface area contributed by atoms with Crippen molar-refractivity contribution in [3.8, 4) is 0 Å². The van der Waals surface area contributed by atoms with E-state index in [1.165, 1.54) is 5.56 Å². The zero-order valence-electron chi connectivity index (χ0n) is 6.67. The van der Waals surface area contributed by atoms with Crippen LogP contribution in [0, 0.1) is 6.07 Å². The zero-order valence-corrected chi connectivity index (χ0v) is 9.79. The Labute approximate surface area is 109 Å². The molecule has 0 unspecified atom stereocenters. The third kappa shape index (κ3) is 2.23. The standard InChI is InChI=1S/C9H8N.K/c1-2-6-9-8(4-1)5-3-7-10-9;/h1,4,6-7H,3,5H2;/q-1;+1. The molecule has 0 bridgehead atoms. The first-order valence-electron chi connectivity index (χ1n) is 3.48. The van der Waals surface area contributed by atoms with Crippen LogP contribution in [0.2, 0.25) is 0 Å². The molecule has 0 aromatic heterocycles. The van der Waals surface area contributed by atoms with Crippen LogP contribution in [0.5, 0.6) is 0 Å². The maximum Gasteiger partial charge on any atom is 1.00 e. The molecule has 0 aliphatic carbocycles. The Bertz CT molecular complexity index is 268. The normalized spacial score (nSPS) is 13.5. The van der Waals surface area contributed by atoms with Crippen molar-refractivity contribution < 1.29 is 51.4 Å². The number of hydrogen-bond acceptors (Lipinski definition) is 1. The van der Waals surface area contributed by atoms with Crippen LogP contribution < -0.4 is 51.4 Å². The molecule has 1 nitrogen and oxygen atoms in total. The van der Waals surface area contributed by atoms with Gasteiger partial charge in [0, 0.05) is 0 Å². The minimum atomic E-state index is 0. The van der Waals surface area contributed by atoms with Crippen molar-refractivity contribution in [3.05, 3.63) is 29.8 Å². The number of aryl methyl sites for hydroxylation is 1. The van der Waals surface area contributed by atoms with Gasteiger partial charge in [-0.05, 0) is 24.7 Å². The summed E-state index contributed by atoms with van der Waals surface area (Å²) in [5.41, 5.74) is 2.44. The molecule has 0 N–H and O–H groups in total. The van der Waals surface area contributed by atoms with Crippen LogP contribution in [0.25, 0.3) is 0 Å². The summed E-state index contributed by atoms with van der Waals surface area (Å²) >= 11 is 0. The summed E-state index contributed by atoms with van der Waals surface area (Å²) in [5, 5.41) is 0. The van der Waals surface area contributed by atoms with Crippen molar-refractivity contribution in [2.24, 2.45) is 4.99 Å². The van der Waals surface area contributed by atoms with Gasteiger partial charge in [0.15, 0.2) is 0 Å². The first-order chi connectivity index (χ1) is 4.97. The van der Waals surface area contributed by atoms with Crippen LogP contribution in [0.3, 0.4) is 0 Å². The van der Waals surface area contributed by atoms with Gasteiger partial charge in [-0.3, -0.25) is 0 Å². The molecule has 0 saturated carbocycles. The van der Waals surface area contributed by atoms with Gasteiger partial charge < -0.3 is 4.99 Å². The smallest absolute Gasteiger partial charge is 0.325 e. The molecule has 11 heavy (non-hydrogen) atoms. The molecular formula is C9H8KN. The molecule has 1 heterocycles. The van der Waals surface area contributed by atoms with E-state index in [-0.39, 0.29) is 51.4 Å². The molecule has 1 aromatic carbocycles. The van der Waals surface area contributed by atoms with Gasteiger partial charge in [0.05, 0.1) is 0 Å². The van der Waals surface area contributed by atoms with E-state index in [4.69, 9.17) is 0 Å². The molecule has 0 fully saturated rings. The van der Waals surface area contributed by atoms with E-state index in [0.29, 0.717) is 0 Å². The van der Waals surface area contributed by atoms with Gasteiger partial charge >= 0.3 is 51.4 Å². The summed E-state index contributed by atoms with van der Waals surface area (Å²) in [5.74, 6) is 0. The van der Waals surface area contributed by atoms with Crippen molar-refractivity contribution in [1.29, 1.82) is 0 Å². The molecular weight excluding hydrogens is 161 g/mol. The second-order valence-electron chi connectivity index (χ2n) is 2.41. The van der Waals surface area contributed by atoms with Gasteiger partial charge in [0.2, 0.25) is 0 Å². The Kier molecular flexibility index (Phi) is 3.96. The average Bonchev–Trinajstić information content (AvgIpc) is 2.05. The van der Waals surface area contributed by atoms with E-state index in [9.17, 15) is 0 Å². The molecule has 0 atom stereocenters. The number of aliphatic imine (C=N–C) groups is 1. The van der Waals surface area contributed by atoms with Gasteiger partial charge in [-0.2, -0.15) is 24.3 Å². The predicted molar refractivity (Wildman–Crippen MR) is 41.8 cm³/mol. The number of benzene rings is 1. The zero-order chi connectivity index (χ0) is 6.81. The second kappa shape index (κ2) is 4.53. The van der Waals surface area contributed by atoms with Crippen LogP contribution in [0.4, 0.5) is 5.69 Å². The summed E-state index contributed by atoms with van der Waals surface area (Å²) in [4.78, 5) is 4.24. The van der Waals surface area contributed by atoms with Crippen molar-refractivity contribution in [1.82, 2.24) is 0 Å². The van der Waals surface area contributed by atoms with E-state index in [1.807, 2.05) is 18.3 Å². The summed E-state index contributed by atoms with van der Waals surface area (Å²) in [6, 6.07) is 8.98. The molecule has 1 aliphatic heterocycles. The molecule has 0 saturated heterocycles. The summed E-state index contributed by atoms with van der Waals surface area (Å²) < 4.78 is 0.